The van der Waals surface area contributed by atoms with E-state index in [9.17, 15) is 19.2 Å². The number of Topliss-reactive ketones (excluding diaryl/α,β-unsaturated/α-hetero) is 2. The van der Waals surface area contributed by atoms with Crippen LogP contribution in [-0.2, 0) is 22.7 Å². The fourth-order valence-electron chi connectivity index (χ4n) is 6.05. The van der Waals surface area contributed by atoms with Crippen LogP contribution in [0.2, 0.25) is 0 Å². The number of rotatable bonds is 19. The molecule has 12 nitrogen and oxygen atoms in total. The first kappa shape index (κ1) is 38.1. The Morgan fingerprint density at radius 2 is 1.02 bits per heavy atom. The second kappa shape index (κ2) is 17.3. The lowest BCUT2D eigenvalue weighted by molar-refractivity contribution is -0.132. The van der Waals surface area contributed by atoms with Crippen LogP contribution in [0.4, 0.5) is 0 Å². The third kappa shape index (κ3) is 8.70. The quantitative estimate of drug-likeness (QED) is 0.0862. The molecule has 0 fully saturated rings. The molecule has 2 aromatic carbocycles. The van der Waals surface area contributed by atoms with Gasteiger partial charge >= 0.3 is 0 Å². The van der Waals surface area contributed by atoms with E-state index in [0.717, 1.165) is 25.7 Å². The lowest BCUT2D eigenvalue weighted by atomic mass is 10.0. The van der Waals surface area contributed by atoms with Crippen molar-refractivity contribution in [3.63, 3.8) is 0 Å². The van der Waals surface area contributed by atoms with Crippen LogP contribution in [0.25, 0.3) is 21.8 Å². The second-order valence-corrected chi connectivity index (χ2v) is 13.2. The van der Waals surface area contributed by atoms with Crippen LogP contribution in [0.1, 0.15) is 88.2 Å². The molecule has 0 aliphatic carbocycles. The lowest BCUT2D eigenvalue weighted by Gasteiger charge is -2.22. The van der Waals surface area contributed by atoms with E-state index >= 15 is 0 Å². The van der Waals surface area contributed by atoms with E-state index in [1.165, 1.54) is 0 Å². The van der Waals surface area contributed by atoms with Gasteiger partial charge in [0.2, 0.25) is 11.8 Å². The molecule has 4 aromatic rings. The number of methoxy groups -OCH3 is 2. The number of likely N-dealkylation sites (N-methyl/N-ethyl adjacent to an activating group) is 2. The molecule has 0 spiro atoms. The summed E-state index contributed by atoms with van der Waals surface area (Å²) in [5.74, 6) is 0.576. The zero-order valence-electron chi connectivity index (χ0n) is 30.8. The van der Waals surface area contributed by atoms with Gasteiger partial charge in [-0.3, -0.25) is 28.5 Å². The highest BCUT2D eigenvalue weighted by atomic mass is 16.5. The molecule has 2 heterocycles. The van der Waals surface area contributed by atoms with Gasteiger partial charge in [-0.25, -0.2) is 0 Å². The van der Waals surface area contributed by atoms with Crippen LogP contribution in [-0.4, -0.2) is 93.1 Å². The molecule has 0 bridgehead atoms. The zero-order chi connectivity index (χ0) is 36.5. The Hall–Kier alpha value is -4.74. The van der Waals surface area contributed by atoms with E-state index in [-0.39, 0.29) is 48.3 Å². The van der Waals surface area contributed by atoms with Crippen LogP contribution in [0.15, 0.2) is 36.4 Å². The van der Waals surface area contributed by atoms with E-state index in [0.29, 0.717) is 70.9 Å². The number of carbonyl (C=O) groups excluding carboxylic acids is 4. The molecule has 0 saturated carbocycles. The highest BCUT2D eigenvalue weighted by Gasteiger charge is 2.24. The maximum atomic E-state index is 13.4. The Balaban J connectivity index is 1.30. The predicted octanol–water partition coefficient (Wildman–Crippen LogP) is 6.04. The second-order valence-electron chi connectivity index (χ2n) is 13.2. The van der Waals surface area contributed by atoms with E-state index < -0.39 is 0 Å². The number of amides is 2. The number of fused-ring (bicyclic) bond motifs is 2. The predicted molar refractivity (Wildman–Crippen MR) is 194 cm³/mol. The molecule has 0 saturated heterocycles. The highest BCUT2D eigenvalue weighted by Crippen LogP contribution is 2.27. The van der Waals surface area contributed by atoms with Gasteiger partial charge in [-0.05, 0) is 51.0 Å². The molecule has 270 valence electrons. The summed E-state index contributed by atoms with van der Waals surface area (Å²) in [5.41, 5.74) is 2.13. The summed E-state index contributed by atoms with van der Waals surface area (Å²) in [5, 5.41) is 10.6. The summed E-state index contributed by atoms with van der Waals surface area (Å²) in [6.45, 7) is 13.7. The molecule has 12 heteroatoms. The molecule has 0 atom stereocenters. The highest BCUT2D eigenvalue weighted by molar-refractivity contribution is 6.08. The molecule has 0 unspecified atom stereocenters. The van der Waals surface area contributed by atoms with E-state index in [4.69, 9.17) is 9.47 Å². The number of hydrogen-bond acceptors (Lipinski definition) is 8. The van der Waals surface area contributed by atoms with Crippen molar-refractivity contribution in [3.05, 3.63) is 47.8 Å². The smallest absolute Gasteiger partial charge is 0.244 e. The molecular formula is C38H52N6O6. The number of nitrogens with zero attached hydrogens (tertiary/aromatic N) is 6. The molecular weight excluding hydrogens is 636 g/mol. The largest absolute Gasteiger partial charge is 0.497 e. The SMILES string of the molecule is CCN(CCCCCCN(CC)C(=O)Cn1nc(C(=O)C(C)C)c2ccc(OC)cc21)C(=O)Cn1nc(C(=O)C(C)C)c2ccc(OC)cc21. The normalized spacial score (nSPS) is 11.5. The van der Waals surface area contributed by atoms with Crippen LogP contribution < -0.4 is 9.47 Å². The average molecular weight is 689 g/mol. The van der Waals surface area contributed by atoms with Crippen molar-refractivity contribution in [1.82, 2.24) is 29.4 Å². The first-order chi connectivity index (χ1) is 23.9. The number of carbonyl (C=O) groups is 4. The number of aromatic nitrogens is 4. The average Bonchev–Trinajstić information content (AvgIpc) is 3.65. The number of unbranched alkanes of at least 4 members (excludes halogenated alkanes) is 3. The molecule has 0 aliphatic rings. The molecule has 2 aromatic heterocycles. The minimum atomic E-state index is -0.218. The van der Waals surface area contributed by atoms with Gasteiger partial charge in [0.05, 0.1) is 25.3 Å². The molecule has 0 N–H and O–H groups in total. The molecule has 0 radical (unpaired) electrons. The number of hydrogen-bond donors (Lipinski definition) is 0. The maximum absolute atomic E-state index is 13.4. The summed E-state index contributed by atoms with van der Waals surface area (Å²) < 4.78 is 14.0. The Morgan fingerprint density at radius 1 is 0.640 bits per heavy atom. The first-order valence-electron chi connectivity index (χ1n) is 17.7. The van der Waals surface area contributed by atoms with E-state index in [2.05, 4.69) is 10.2 Å². The van der Waals surface area contributed by atoms with Crippen LogP contribution in [0.3, 0.4) is 0 Å². The van der Waals surface area contributed by atoms with Gasteiger partial charge in [0.25, 0.3) is 0 Å². The number of ketones is 2. The summed E-state index contributed by atoms with van der Waals surface area (Å²) in [6.07, 6.45) is 3.49. The van der Waals surface area contributed by atoms with Crippen LogP contribution in [0, 0.1) is 11.8 Å². The molecule has 2 amide bonds. The van der Waals surface area contributed by atoms with Crippen molar-refractivity contribution in [2.24, 2.45) is 11.8 Å². The molecule has 0 aliphatic heterocycles. The van der Waals surface area contributed by atoms with Gasteiger partial charge in [-0.2, -0.15) is 10.2 Å². The van der Waals surface area contributed by atoms with Crippen molar-refractivity contribution in [2.45, 2.75) is 80.3 Å². The van der Waals surface area contributed by atoms with Gasteiger partial charge in [-0.1, -0.05) is 40.5 Å². The van der Waals surface area contributed by atoms with Crippen molar-refractivity contribution >= 4 is 45.2 Å². The third-order valence-corrected chi connectivity index (χ3v) is 9.08. The monoisotopic (exact) mass is 688 g/mol. The minimum Gasteiger partial charge on any atom is -0.497 e. The minimum absolute atomic E-state index is 0.0297. The van der Waals surface area contributed by atoms with Crippen molar-refractivity contribution in [3.8, 4) is 11.5 Å². The summed E-state index contributed by atoms with van der Waals surface area (Å²) in [6, 6.07) is 10.9. The first-order valence-corrected chi connectivity index (χ1v) is 17.7. The fraction of sp³-hybridized carbons (Fsp3) is 0.526. The van der Waals surface area contributed by atoms with Crippen LogP contribution >= 0.6 is 0 Å². The van der Waals surface area contributed by atoms with Gasteiger partial charge in [0, 0.05) is 60.9 Å². The third-order valence-electron chi connectivity index (χ3n) is 9.08. The Bertz CT molecular complexity index is 1690. The van der Waals surface area contributed by atoms with Crippen LogP contribution in [0.5, 0.6) is 11.5 Å². The zero-order valence-corrected chi connectivity index (χ0v) is 30.8. The summed E-state index contributed by atoms with van der Waals surface area (Å²) >= 11 is 0. The lowest BCUT2D eigenvalue weighted by Crippen LogP contribution is -2.35. The standard InChI is InChI=1S/C38H52N6O6/c1-9-41(33(45)23-43-31-21-27(49-7)15-17-29(31)35(39-43)37(47)25(3)4)19-13-11-12-14-20-42(10-2)34(46)24-44-32-22-28(50-8)16-18-30(32)36(40-44)38(48)26(5)6/h15-18,21-22,25-26H,9-14,19-20,23-24H2,1-8H3. The van der Waals surface area contributed by atoms with E-state index in [1.54, 1.807) is 35.7 Å². The van der Waals surface area contributed by atoms with Crippen molar-refractivity contribution in [2.75, 3.05) is 40.4 Å². The topological polar surface area (TPSA) is 129 Å². The molecule has 4 rings (SSSR count). The van der Waals surface area contributed by atoms with Gasteiger partial charge in [0.1, 0.15) is 36.0 Å². The summed E-state index contributed by atoms with van der Waals surface area (Å²) in [4.78, 5) is 56.2. The fourth-order valence-corrected chi connectivity index (χ4v) is 6.05. The van der Waals surface area contributed by atoms with Gasteiger partial charge in [-0.15, -0.1) is 0 Å². The number of benzene rings is 2. The Morgan fingerprint density at radius 3 is 1.34 bits per heavy atom. The number of ether oxygens (including phenoxy) is 2. The van der Waals surface area contributed by atoms with Crippen molar-refractivity contribution < 1.29 is 28.7 Å². The van der Waals surface area contributed by atoms with E-state index in [1.807, 2.05) is 75.6 Å². The van der Waals surface area contributed by atoms with Crippen molar-refractivity contribution in [1.29, 1.82) is 0 Å². The molecule has 50 heavy (non-hydrogen) atoms. The van der Waals surface area contributed by atoms with Gasteiger partial charge in [0.15, 0.2) is 11.6 Å². The van der Waals surface area contributed by atoms with Gasteiger partial charge < -0.3 is 19.3 Å². The summed E-state index contributed by atoms with van der Waals surface area (Å²) in [7, 11) is 3.16. The Labute approximate surface area is 294 Å². The Kier molecular flexibility index (Phi) is 13.1. The maximum Gasteiger partial charge on any atom is 0.244 e.